The van der Waals surface area contributed by atoms with Crippen molar-refractivity contribution >= 4 is 7.14 Å². The topological polar surface area (TPSA) is 72.3 Å². The fraction of sp³-hybridized carbons (Fsp3) is 0.444. The van der Waals surface area contributed by atoms with Gasteiger partial charge < -0.3 is 14.4 Å². The monoisotopic (exact) mass is 348 g/mol. The Kier molecular flexibility index (Phi) is 6.00. The third-order valence-electron chi connectivity index (χ3n) is 4.55. The van der Waals surface area contributed by atoms with E-state index in [0.717, 1.165) is 11.3 Å². The Bertz CT molecular complexity index is 727. The second-order valence-corrected chi connectivity index (χ2v) is 9.68. The highest BCUT2D eigenvalue weighted by Gasteiger charge is 2.32. The minimum atomic E-state index is -2.45. The van der Waals surface area contributed by atoms with Crippen LogP contribution in [-0.2, 0) is 11.0 Å². The second-order valence-electron chi connectivity index (χ2n) is 5.89. The molecule has 1 atom stereocenters. The van der Waals surface area contributed by atoms with Crippen LogP contribution in [0.5, 0.6) is 11.5 Å². The van der Waals surface area contributed by atoms with Gasteiger partial charge in [0.25, 0.3) is 0 Å². The summed E-state index contributed by atoms with van der Waals surface area (Å²) in [6.45, 7) is 5.76. The number of hydrogen-bond acceptors (Lipinski definition) is 5. The zero-order chi connectivity index (χ0) is 17.7. The van der Waals surface area contributed by atoms with Gasteiger partial charge in [-0.1, -0.05) is 19.9 Å². The molecule has 1 N–H and O–H groups in total. The SMILES string of the molecule is CCP(=O)(CC)C(Cc1cnccn1)c1cc(C)c(O)c(OC)c1. The van der Waals surface area contributed by atoms with E-state index >= 15 is 0 Å². The molecule has 0 saturated carbocycles. The molecule has 2 rings (SSSR count). The molecule has 1 aromatic carbocycles. The molecule has 0 aliphatic carbocycles. The van der Waals surface area contributed by atoms with Gasteiger partial charge in [-0.15, -0.1) is 0 Å². The van der Waals surface area contributed by atoms with E-state index in [2.05, 4.69) is 9.97 Å². The standard InChI is InChI=1S/C18H25N2O3P/c1-5-24(22,6-2)17(11-15-12-19-7-8-20-15)14-9-13(3)18(21)16(10-14)23-4/h7-10,12,17,21H,5-6,11H2,1-4H3. The van der Waals surface area contributed by atoms with Gasteiger partial charge in [0.05, 0.1) is 19.9 Å². The van der Waals surface area contributed by atoms with Crippen molar-refractivity contribution in [3.8, 4) is 11.5 Å². The molecule has 1 unspecified atom stereocenters. The van der Waals surface area contributed by atoms with Crippen LogP contribution in [0.1, 0.15) is 36.3 Å². The summed E-state index contributed by atoms with van der Waals surface area (Å²) in [7, 11) is -0.926. The number of benzene rings is 1. The van der Waals surface area contributed by atoms with E-state index < -0.39 is 7.14 Å². The molecule has 0 fully saturated rings. The number of ether oxygens (including phenoxy) is 1. The van der Waals surface area contributed by atoms with Gasteiger partial charge in [0.15, 0.2) is 11.5 Å². The molecule has 0 spiro atoms. The molecular weight excluding hydrogens is 323 g/mol. The maximum absolute atomic E-state index is 13.5. The molecule has 6 heteroatoms. The van der Waals surface area contributed by atoms with E-state index in [9.17, 15) is 9.67 Å². The molecule has 0 radical (unpaired) electrons. The van der Waals surface area contributed by atoms with Crippen LogP contribution in [0.15, 0.2) is 30.7 Å². The van der Waals surface area contributed by atoms with Crippen LogP contribution in [-0.4, -0.2) is 34.5 Å². The lowest BCUT2D eigenvalue weighted by Gasteiger charge is -2.27. The fourth-order valence-electron chi connectivity index (χ4n) is 2.98. The maximum Gasteiger partial charge on any atom is 0.161 e. The molecule has 0 amide bonds. The van der Waals surface area contributed by atoms with E-state index in [4.69, 9.17) is 4.74 Å². The molecule has 0 aliphatic rings. The van der Waals surface area contributed by atoms with Crippen molar-refractivity contribution < 1.29 is 14.4 Å². The number of aryl methyl sites for hydroxylation is 1. The number of aromatic hydroxyl groups is 1. The van der Waals surface area contributed by atoms with Crippen LogP contribution in [0.25, 0.3) is 0 Å². The summed E-state index contributed by atoms with van der Waals surface area (Å²) >= 11 is 0. The van der Waals surface area contributed by atoms with Crippen LogP contribution >= 0.6 is 7.14 Å². The van der Waals surface area contributed by atoms with Crippen LogP contribution in [0.2, 0.25) is 0 Å². The van der Waals surface area contributed by atoms with Crippen LogP contribution in [0.4, 0.5) is 0 Å². The van der Waals surface area contributed by atoms with Crippen LogP contribution < -0.4 is 4.74 Å². The summed E-state index contributed by atoms with van der Waals surface area (Å²) in [5.74, 6) is 0.537. The Morgan fingerprint density at radius 3 is 2.50 bits per heavy atom. The summed E-state index contributed by atoms with van der Waals surface area (Å²) in [6, 6.07) is 3.69. The largest absolute Gasteiger partial charge is 0.504 e. The van der Waals surface area contributed by atoms with Gasteiger partial charge >= 0.3 is 0 Å². The number of hydrogen-bond donors (Lipinski definition) is 1. The summed E-state index contributed by atoms with van der Waals surface area (Å²) in [5, 5.41) is 10.1. The average molecular weight is 348 g/mol. The molecule has 5 nitrogen and oxygen atoms in total. The minimum absolute atomic E-state index is 0.127. The van der Waals surface area contributed by atoms with Gasteiger partial charge in [-0.25, -0.2) is 0 Å². The maximum atomic E-state index is 13.5. The lowest BCUT2D eigenvalue weighted by atomic mass is 10.0. The number of aromatic nitrogens is 2. The van der Waals surface area contributed by atoms with Crippen molar-refractivity contribution in [1.29, 1.82) is 0 Å². The van der Waals surface area contributed by atoms with E-state index in [1.54, 1.807) is 24.7 Å². The smallest absolute Gasteiger partial charge is 0.161 e. The van der Waals surface area contributed by atoms with Gasteiger partial charge in [-0.05, 0) is 36.4 Å². The molecule has 0 saturated heterocycles. The summed E-state index contributed by atoms with van der Waals surface area (Å²) in [6.07, 6.45) is 6.80. The predicted octanol–water partition coefficient (Wildman–Crippen LogP) is 4.19. The first-order valence-corrected chi connectivity index (χ1v) is 10.3. The number of phenolic OH excluding ortho intramolecular Hbond substituents is 1. The second kappa shape index (κ2) is 7.80. The Morgan fingerprint density at radius 1 is 1.25 bits per heavy atom. The highest BCUT2D eigenvalue weighted by Crippen LogP contribution is 2.60. The summed E-state index contributed by atoms with van der Waals surface area (Å²) in [4.78, 5) is 8.46. The van der Waals surface area contributed by atoms with Crippen molar-refractivity contribution in [2.75, 3.05) is 19.4 Å². The average Bonchev–Trinajstić information content (AvgIpc) is 2.62. The first kappa shape index (κ1) is 18.5. The van der Waals surface area contributed by atoms with Gasteiger partial charge in [0.2, 0.25) is 0 Å². The van der Waals surface area contributed by atoms with Crippen molar-refractivity contribution in [2.24, 2.45) is 0 Å². The first-order valence-electron chi connectivity index (χ1n) is 8.15. The molecule has 2 aromatic rings. The normalized spacial score (nSPS) is 12.8. The Morgan fingerprint density at radius 2 is 1.96 bits per heavy atom. The third-order valence-corrected chi connectivity index (χ3v) is 8.31. The van der Waals surface area contributed by atoms with Crippen LogP contribution in [0, 0.1) is 6.92 Å². The number of phenols is 1. The predicted molar refractivity (Wildman–Crippen MR) is 96.6 cm³/mol. The Balaban J connectivity index is 2.54. The molecule has 1 heterocycles. The fourth-order valence-corrected chi connectivity index (χ4v) is 5.52. The number of methoxy groups -OCH3 is 1. The highest BCUT2D eigenvalue weighted by molar-refractivity contribution is 7.64. The Labute approximate surface area is 143 Å². The van der Waals surface area contributed by atoms with E-state index in [-0.39, 0.29) is 11.4 Å². The Hall–Kier alpha value is -1.87. The quantitative estimate of drug-likeness (QED) is 0.760. The molecule has 0 aliphatic heterocycles. The van der Waals surface area contributed by atoms with E-state index in [0.29, 0.717) is 30.1 Å². The molecule has 0 bridgehead atoms. The van der Waals surface area contributed by atoms with Crippen molar-refractivity contribution in [2.45, 2.75) is 32.9 Å². The molecular formula is C18H25N2O3P. The molecule has 24 heavy (non-hydrogen) atoms. The van der Waals surface area contributed by atoms with E-state index in [1.807, 2.05) is 26.8 Å². The van der Waals surface area contributed by atoms with Gasteiger partial charge in [0.1, 0.15) is 0 Å². The van der Waals surface area contributed by atoms with E-state index in [1.165, 1.54) is 7.11 Å². The zero-order valence-corrected chi connectivity index (χ0v) is 15.6. The van der Waals surface area contributed by atoms with Crippen molar-refractivity contribution in [1.82, 2.24) is 9.97 Å². The van der Waals surface area contributed by atoms with Gasteiger partial charge in [0, 0.05) is 30.7 Å². The summed E-state index contributed by atoms with van der Waals surface area (Å²) < 4.78 is 18.8. The van der Waals surface area contributed by atoms with Crippen molar-refractivity contribution in [3.05, 3.63) is 47.5 Å². The van der Waals surface area contributed by atoms with Gasteiger partial charge in [-0.3, -0.25) is 9.97 Å². The zero-order valence-electron chi connectivity index (χ0n) is 14.7. The van der Waals surface area contributed by atoms with Crippen molar-refractivity contribution in [3.63, 3.8) is 0 Å². The highest BCUT2D eigenvalue weighted by atomic mass is 31.2. The number of nitrogens with zero attached hydrogens (tertiary/aromatic N) is 2. The molecule has 130 valence electrons. The third kappa shape index (κ3) is 3.78. The lowest BCUT2D eigenvalue weighted by Crippen LogP contribution is -2.10. The minimum Gasteiger partial charge on any atom is -0.504 e. The lowest BCUT2D eigenvalue weighted by molar-refractivity contribution is 0.371. The number of rotatable bonds is 7. The molecule has 1 aromatic heterocycles. The first-order chi connectivity index (χ1) is 11.4. The summed E-state index contributed by atoms with van der Waals surface area (Å²) in [5.41, 5.74) is 2.28. The van der Waals surface area contributed by atoms with Crippen LogP contribution in [0.3, 0.4) is 0 Å². The van der Waals surface area contributed by atoms with Gasteiger partial charge in [-0.2, -0.15) is 0 Å².